The lowest BCUT2D eigenvalue weighted by molar-refractivity contribution is -0.147. The second-order valence-electron chi connectivity index (χ2n) is 13.1. The molecule has 6 unspecified atom stereocenters. The van der Waals surface area contributed by atoms with E-state index in [1.54, 1.807) is 7.11 Å². The Bertz CT molecular complexity index is 1030. The van der Waals surface area contributed by atoms with Crippen LogP contribution >= 0.6 is 0 Å². The number of benzene rings is 1. The fourth-order valence-corrected chi connectivity index (χ4v) is 4.29. The van der Waals surface area contributed by atoms with Crippen LogP contribution in [-0.4, -0.2) is 231 Å². The minimum absolute atomic E-state index is 0.0208. The average Bonchev–Trinajstić information content (AvgIpc) is 3.20. The Morgan fingerprint density at radius 3 is 1.24 bits per heavy atom. The zero-order valence-corrected chi connectivity index (χ0v) is 36.3. The lowest BCUT2D eigenvalue weighted by Crippen LogP contribution is -2.43. The summed E-state index contributed by atoms with van der Waals surface area (Å²) in [4.78, 5) is 14.5. The molecular formula is C38H78N6O15. The van der Waals surface area contributed by atoms with Crippen molar-refractivity contribution >= 4 is 5.97 Å². The molecule has 1 rings (SSSR count). The third-order valence-electron chi connectivity index (χ3n) is 7.00. The number of nitrogens with one attached hydrogen (secondary N) is 4. The van der Waals surface area contributed by atoms with E-state index < -0.39 is 42.6 Å². The number of esters is 1. The van der Waals surface area contributed by atoms with Gasteiger partial charge in [-0.2, -0.15) is 0 Å². The summed E-state index contributed by atoms with van der Waals surface area (Å²) in [6.07, 6.45) is -4.13. The van der Waals surface area contributed by atoms with Crippen molar-refractivity contribution in [2.24, 2.45) is 0 Å². The molecule has 21 nitrogen and oxygen atoms in total. The van der Waals surface area contributed by atoms with E-state index in [1.165, 1.54) is 14.0 Å². The number of para-hydroxylation sites is 1. The highest BCUT2D eigenvalue weighted by molar-refractivity contribution is 5.65. The van der Waals surface area contributed by atoms with Crippen molar-refractivity contribution in [3.8, 4) is 5.75 Å². The molecule has 0 aromatic heterocycles. The number of aliphatic hydroxyl groups excluding tert-OH is 6. The van der Waals surface area contributed by atoms with Crippen LogP contribution in [-0.2, 0) is 38.0 Å². The molecule has 1 aromatic rings. The Balaban J connectivity index is 0. The van der Waals surface area contributed by atoms with Crippen molar-refractivity contribution in [1.29, 1.82) is 0 Å². The maximum absolute atomic E-state index is 10.6. The Morgan fingerprint density at radius 1 is 0.542 bits per heavy atom. The molecule has 0 saturated heterocycles. The third-order valence-corrected chi connectivity index (χ3v) is 7.00. The number of carbonyl (C=O) groups excluding carboxylic acids is 1. The summed E-state index contributed by atoms with van der Waals surface area (Å²) in [5, 5.41) is 70.4. The SMILES string of the molecule is CC.COCC(O)CNCN(C)CNCC(O)COCOCC(O)COC(C)=O.COCC(O)CNCN(C)CNCC(O)COCOCC(O)COc1ccccc1. The van der Waals surface area contributed by atoms with Gasteiger partial charge in [-0.25, -0.2) is 0 Å². The van der Waals surface area contributed by atoms with E-state index in [0.717, 1.165) is 0 Å². The van der Waals surface area contributed by atoms with Crippen LogP contribution in [0.3, 0.4) is 0 Å². The molecule has 0 amide bonds. The highest BCUT2D eigenvalue weighted by atomic mass is 16.7. The van der Waals surface area contributed by atoms with E-state index in [-0.39, 0.29) is 59.8 Å². The molecule has 0 aliphatic heterocycles. The molecular weight excluding hydrogens is 780 g/mol. The van der Waals surface area contributed by atoms with Crippen LogP contribution in [0.1, 0.15) is 20.8 Å². The quantitative estimate of drug-likeness (QED) is 0.0183. The summed E-state index contributed by atoms with van der Waals surface area (Å²) in [6.45, 7) is 9.85. The maximum Gasteiger partial charge on any atom is 0.302 e. The fourth-order valence-electron chi connectivity index (χ4n) is 4.29. The van der Waals surface area contributed by atoms with Crippen molar-refractivity contribution in [1.82, 2.24) is 31.1 Å². The van der Waals surface area contributed by atoms with Gasteiger partial charge in [0.25, 0.3) is 0 Å². The summed E-state index contributed by atoms with van der Waals surface area (Å²) in [5.41, 5.74) is 0. The zero-order valence-electron chi connectivity index (χ0n) is 36.3. The van der Waals surface area contributed by atoms with E-state index >= 15 is 0 Å². The monoisotopic (exact) mass is 859 g/mol. The number of hydrogen-bond acceptors (Lipinski definition) is 21. The Hall–Kier alpha value is -2.23. The van der Waals surface area contributed by atoms with Gasteiger partial charge in [-0.15, -0.1) is 0 Å². The molecule has 0 aliphatic rings. The first-order valence-corrected chi connectivity index (χ1v) is 19.7. The van der Waals surface area contributed by atoms with Gasteiger partial charge in [0.15, 0.2) is 0 Å². The number of nitrogens with zero attached hydrogens (tertiary/aromatic N) is 2. The van der Waals surface area contributed by atoms with E-state index in [0.29, 0.717) is 65.2 Å². The van der Waals surface area contributed by atoms with Gasteiger partial charge in [0.05, 0.1) is 64.1 Å². The minimum atomic E-state index is -0.913. The van der Waals surface area contributed by atoms with Crippen LogP contribution < -0.4 is 26.0 Å². The average molecular weight is 859 g/mol. The number of aliphatic hydroxyl groups is 6. The Kier molecular flexibility index (Phi) is 42.4. The number of carbonyl (C=O) groups is 1. The summed E-state index contributed by atoms with van der Waals surface area (Å²) < 4.78 is 40.4. The first-order valence-electron chi connectivity index (χ1n) is 19.7. The maximum atomic E-state index is 10.6. The van der Waals surface area contributed by atoms with Gasteiger partial charge < -0.3 is 89.8 Å². The largest absolute Gasteiger partial charge is 0.491 e. The molecule has 0 saturated carbocycles. The normalized spacial score (nSPS) is 14.4. The second-order valence-corrected chi connectivity index (χ2v) is 13.1. The van der Waals surface area contributed by atoms with Gasteiger partial charge >= 0.3 is 5.97 Å². The van der Waals surface area contributed by atoms with E-state index in [9.17, 15) is 35.4 Å². The first-order chi connectivity index (χ1) is 28.4. The van der Waals surface area contributed by atoms with Crippen molar-refractivity contribution < 1.29 is 73.3 Å². The summed E-state index contributed by atoms with van der Waals surface area (Å²) in [5.74, 6) is 0.222. The van der Waals surface area contributed by atoms with E-state index in [1.807, 2.05) is 68.1 Å². The number of hydrogen-bond donors (Lipinski definition) is 10. The molecule has 0 bridgehead atoms. The highest BCUT2D eigenvalue weighted by Crippen LogP contribution is 2.08. The molecule has 0 aliphatic carbocycles. The molecule has 0 fully saturated rings. The molecule has 0 spiro atoms. The Labute approximate surface area is 351 Å². The molecule has 10 N–H and O–H groups in total. The topological polar surface area (TPSA) is 267 Å². The van der Waals surface area contributed by atoms with Crippen molar-refractivity contribution in [2.45, 2.75) is 57.4 Å². The second kappa shape index (κ2) is 42.5. The molecule has 0 radical (unpaired) electrons. The van der Waals surface area contributed by atoms with Crippen molar-refractivity contribution in [3.63, 3.8) is 0 Å². The lowest BCUT2D eigenvalue weighted by Gasteiger charge is -2.20. The van der Waals surface area contributed by atoms with Crippen molar-refractivity contribution in [3.05, 3.63) is 30.3 Å². The Morgan fingerprint density at radius 2 is 0.881 bits per heavy atom. The smallest absolute Gasteiger partial charge is 0.302 e. The van der Waals surface area contributed by atoms with Crippen molar-refractivity contribution in [2.75, 3.05) is 148 Å². The predicted octanol–water partition coefficient (Wildman–Crippen LogP) is -2.87. The first kappa shape index (κ1) is 58.9. The van der Waals surface area contributed by atoms with Crippen LogP contribution in [0.25, 0.3) is 0 Å². The number of methoxy groups -OCH3 is 2. The van der Waals surface area contributed by atoms with E-state index in [2.05, 4.69) is 26.0 Å². The van der Waals surface area contributed by atoms with Crippen LogP contribution in [0.5, 0.6) is 5.75 Å². The zero-order chi connectivity index (χ0) is 44.5. The standard InChI is InChI=1S/C20H37N3O7.C16H35N3O8.C2H6/c1-23(14-21-8-17(24)10-27-2)15-22-9-18(25)11-28-16-29-12-19(26)13-30-20-6-4-3-5-7-20;1-13(20)27-9-16(23)8-26-12-25-7-15(22)5-18-11-19(2)10-17-4-14(21)6-24-3;1-2/h3-7,17-19,21-22,24-26H,8-16H2,1-2H3;14-18,21-23H,4-12H2,1-3H3;1-2H3. The molecule has 350 valence electrons. The summed E-state index contributed by atoms with van der Waals surface area (Å²) in [7, 11) is 6.88. The summed E-state index contributed by atoms with van der Waals surface area (Å²) >= 11 is 0. The van der Waals surface area contributed by atoms with E-state index in [4.69, 9.17) is 33.2 Å². The van der Waals surface area contributed by atoms with Gasteiger partial charge in [-0.1, -0.05) is 32.0 Å². The lowest BCUT2D eigenvalue weighted by atomic mass is 10.3. The van der Waals surface area contributed by atoms with Crippen LogP contribution in [0, 0.1) is 0 Å². The predicted molar refractivity (Wildman–Crippen MR) is 220 cm³/mol. The van der Waals surface area contributed by atoms with Gasteiger partial charge in [0, 0.05) is 74.0 Å². The third kappa shape index (κ3) is 42.3. The van der Waals surface area contributed by atoms with Crippen LogP contribution in [0.4, 0.5) is 0 Å². The van der Waals surface area contributed by atoms with Gasteiger partial charge in [0.1, 0.15) is 44.8 Å². The molecule has 6 atom stereocenters. The fraction of sp³-hybridized carbons (Fsp3) is 0.816. The molecule has 1 aromatic carbocycles. The molecule has 21 heteroatoms. The minimum Gasteiger partial charge on any atom is -0.491 e. The van der Waals surface area contributed by atoms with Gasteiger partial charge in [-0.05, 0) is 26.2 Å². The number of rotatable bonds is 37. The summed E-state index contributed by atoms with van der Waals surface area (Å²) in [6, 6.07) is 9.23. The van der Waals surface area contributed by atoms with Gasteiger partial charge in [-0.3, -0.25) is 14.6 Å². The highest BCUT2D eigenvalue weighted by Gasteiger charge is 2.10. The molecule has 0 heterocycles. The van der Waals surface area contributed by atoms with Crippen LogP contribution in [0.15, 0.2) is 30.3 Å². The molecule has 59 heavy (non-hydrogen) atoms. The van der Waals surface area contributed by atoms with Gasteiger partial charge in [0.2, 0.25) is 0 Å². The van der Waals surface area contributed by atoms with Crippen LogP contribution in [0.2, 0.25) is 0 Å². The number of ether oxygens (including phenoxy) is 8.